The van der Waals surface area contributed by atoms with Crippen LogP contribution in [0.1, 0.15) is 16.3 Å². The summed E-state index contributed by atoms with van der Waals surface area (Å²) in [5.74, 6) is -1.74. The maximum Gasteiger partial charge on any atom is 1.00 e. The van der Waals surface area contributed by atoms with Gasteiger partial charge in [-0.15, -0.1) is 0 Å². The van der Waals surface area contributed by atoms with Crippen LogP contribution in [0.2, 0.25) is 0 Å². The van der Waals surface area contributed by atoms with Crippen molar-refractivity contribution in [2.24, 2.45) is 0 Å². The zero-order valence-electron chi connectivity index (χ0n) is 5.79. The first-order valence-electron chi connectivity index (χ1n) is 2.40. The van der Waals surface area contributed by atoms with Crippen LogP contribution in [0.25, 0.3) is 0 Å². The monoisotopic (exact) mass is 175 g/mol. The van der Waals surface area contributed by atoms with Crippen LogP contribution in [-0.2, 0) is 0 Å². The zero-order chi connectivity index (χ0) is 7.56. The molecule has 50 valence electrons. The van der Waals surface area contributed by atoms with Crippen molar-refractivity contribution in [3.8, 4) is 6.07 Å². The molecular formula is C5H2KN3O2. The molecule has 1 aromatic heterocycles. The largest absolute Gasteiger partial charge is 1.00 e. The Morgan fingerprint density at radius 3 is 2.73 bits per heavy atom. The standard InChI is InChI=1S/C5H3N3O2.K/c6-1-3-2-7-4(8-3)5(9)10;/h2H,(H,7,8)(H,9,10);/q;+1/p-1. The van der Waals surface area contributed by atoms with E-state index in [1.807, 2.05) is 0 Å². The van der Waals surface area contributed by atoms with E-state index in [-0.39, 0.29) is 62.9 Å². The van der Waals surface area contributed by atoms with Crippen LogP contribution in [0.4, 0.5) is 0 Å². The number of aromatic carboxylic acids is 1. The molecule has 0 saturated carbocycles. The number of aromatic amines is 1. The second kappa shape index (κ2) is 4.64. The smallest absolute Gasteiger partial charge is 0.542 e. The second-order valence-corrected chi connectivity index (χ2v) is 1.54. The first-order valence-corrected chi connectivity index (χ1v) is 2.40. The van der Waals surface area contributed by atoms with Gasteiger partial charge in [-0.1, -0.05) is 0 Å². The fourth-order valence-electron chi connectivity index (χ4n) is 0.482. The van der Waals surface area contributed by atoms with E-state index in [9.17, 15) is 9.90 Å². The van der Waals surface area contributed by atoms with E-state index < -0.39 is 5.97 Å². The molecule has 0 bridgehead atoms. The molecule has 0 aliphatic heterocycles. The van der Waals surface area contributed by atoms with Crippen molar-refractivity contribution in [2.75, 3.05) is 0 Å². The quantitative estimate of drug-likeness (QED) is 0.436. The van der Waals surface area contributed by atoms with E-state index in [4.69, 9.17) is 5.26 Å². The molecule has 0 atom stereocenters. The Morgan fingerprint density at radius 2 is 2.45 bits per heavy atom. The minimum absolute atomic E-state index is 0. The van der Waals surface area contributed by atoms with Gasteiger partial charge in [-0.3, -0.25) is 0 Å². The molecule has 0 aliphatic carbocycles. The van der Waals surface area contributed by atoms with Gasteiger partial charge in [0.1, 0.15) is 17.7 Å². The third-order valence-corrected chi connectivity index (χ3v) is 0.890. The Bertz CT molecular complexity index is 301. The van der Waals surface area contributed by atoms with Gasteiger partial charge in [0.25, 0.3) is 0 Å². The van der Waals surface area contributed by atoms with Gasteiger partial charge in [-0.2, -0.15) is 5.26 Å². The summed E-state index contributed by atoms with van der Waals surface area (Å²) < 4.78 is 0. The molecule has 0 saturated heterocycles. The third kappa shape index (κ3) is 2.73. The number of nitrogens with zero attached hydrogens (tertiary/aromatic N) is 2. The summed E-state index contributed by atoms with van der Waals surface area (Å²) in [5, 5.41) is 18.2. The van der Waals surface area contributed by atoms with Crippen LogP contribution in [-0.4, -0.2) is 15.9 Å². The van der Waals surface area contributed by atoms with Gasteiger partial charge in [0.05, 0.1) is 6.20 Å². The molecule has 1 aromatic rings. The third-order valence-electron chi connectivity index (χ3n) is 0.890. The second-order valence-electron chi connectivity index (χ2n) is 1.54. The van der Waals surface area contributed by atoms with Gasteiger partial charge in [-0.25, -0.2) is 4.98 Å². The topological polar surface area (TPSA) is 92.6 Å². The first kappa shape index (κ1) is 10.8. The summed E-state index contributed by atoms with van der Waals surface area (Å²) in [7, 11) is 0. The molecule has 11 heavy (non-hydrogen) atoms. The van der Waals surface area contributed by atoms with Crippen molar-refractivity contribution in [3.05, 3.63) is 17.7 Å². The van der Waals surface area contributed by atoms with Crippen LogP contribution < -0.4 is 56.5 Å². The van der Waals surface area contributed by atoms with E-state index in [0.717, 1.165) is 6.20 Å². The molecule has 1 rings (SSSR count). The summed E-state index contributed by atoms with van der Waals surface area (Å²) in [6.07, 6.45) is 1.13. The molecule has 5 nitrogen and oxygen atoms in total. The molecular weight excluding hydrogens is 173 g/mol. The normalized spacial score (nSPS) is 7.91. The Labute approximate surface area is 105 Å². The fraction of sp³-hybridized carbons (Fsp3) is 0. The Balaban J connectivity index is 0.000001000. The molecule has 0 radical (unpaired) electrons. The molecule has 0 spiro atoms. The van der Waals surface area contributed by atoms with Gasteiger partial charge in [0, 0.05) is 0 Å². The fourth-order valence-corrected chi connectivity index (χ4v) is 0.482. The van der Waals surface area contributed by atoms with Crippen LogP contribution in [0.15, 0.2) is 6.20 Å². The SMILES string of the molecule is N#Cc1cnc(C(=O)[O-])[nH]1.[K+]. The minimum atomic E-state index is -1.42. The number of H-pyrrole nitrogens is 1. The number of nitrogens with one attached hydrogen (secondary N) is 1. The van der Waals surface area contributed by atoms with Crippen molar-refractivity contribution >= 4 is 5.97 Å². The first-order chi connectivity index (χ1) is 4.74. The van der Waals surface area contributed by atoms with E-state index >= 15 is 0 Å². The van der Waals surface area contributed by atoms with Crippen molar-refractivity contribution in [2.45, 2.75) is 0 Å². The number of carboxylic acids is 1. The summed E-state index contributed by atoms with van der Waals surface area (Å²) in [6.45, 7) is 0. The number of carbonyl (C=O) groups excluding carboxylic acids is 1. The van der Waals surface area contributed by atoms with Crippen LogP contribution >= 0.6 is 0 Å². The number of carboxylic acid groups (broad SMARTS) is 1. The van der Waals surface area contributed by atoms with Gasteiger partial charge in [0.15, 0.2) is 5.82 Å². The number of hydrogen-bond acceptors (Lipinski definition) is 4. The zero-order valence-corrected chi connectivity index (χ0v) is 8.91. The predicted molar refractivity (Wildman–Crippen MR) is 27.6 cm³/mol. The number of imidazole rings is 1. The number of aromatic nitrogens is 2. The number of carbonyl (C=O) groups is 1. The average molecular weight is 175 g/mol. The Morgan fingerprint density at radius 1 is 1.82 bits per heavy atom. The molecule has 6 heteroatoms. The molecule has 1 N–H and O–H groups in total. The molecule has 0 aromatic carbocycles. The molecule has 0 unspecified atom stereocenters. The minimum Gasteiger partial charge on any atom is -0.542 e. The average Bonchev–Trinajstić information content (AvgIpc) is 2.34. The number of nitriles is 1. The van der Waals surface area contributed by atoms with Crippen LogP contribution in [0, 0.1) is 11.3 Å². The summed E-state index contributed by atoms with van der Waals surface area (Å²) >= 11 is 0. The molecule has 0 fully saturated rings. The van der Waals surface area contributed by atoms with Gasteiger partial charge < -0.3 is 14.9 Å². The van der Waals surface area contributed by atoms with E-state index in [1.165, 1.54) is 0 Å². The Hall–Kier alpha value is -0.194. The van der Waals surface area contributed by atoms with Gasteiger partial charge in [-0.05, 0) is 0 Å². The van der Waals surface area contributed by atoms with Gasteiger partial charge >= 0.3 is 51.4 Å². The van der Waals surface area contributed by atoms with Crippen molar-refractivity contribution in [3.63, 3.8) is 0 Å². The molecule has 0 amide bonds. The maximum absolute atomic E-state index is 10.0. The van der Waals surface area contributed by atoms with Crippen molar-refractivity contribution in [1.29, 1.82) is 5.26 Å². The summed E-state index contributed by atoms with van der Waals surface area (Å²) in [5.41, 5.74) is 0.110. The van der Waals surface area contributed by atoms with Crippen LogP contribution in [0.3, 0.4) is 0 Å². The molecule has 1 heterocycles. The summed E-state index contributed by atoms with van der Waals surface area (Å²) in [6, 6.07) is 1.69. The van der Waals surface area contributed by atoms with E-state index in [0.29, 0.717) is 0 Å². The number of hydrogen-bond donors (Lipinski definition) is 1. The van der Waals surface area contributed by atoms with Gasteiger partial charge in [0.2, 0.25) is 0 Å². The molecule has 0 aliphatic rings. The van der Waals surface area contributed by atoms with Crippen LogP contribution in [0.5, 0.6) is 0 Å². The van der Waals surface area contributed by atoms with Crippen molar-refractivity contribution in [1.82, 2.24) is 9.97 Å². The van der Waals surface area contributed by atoms with Crippen molar-refractivity contribution < 1.29 is 61.3 Å². The number of rotatable bonds is 1. The van der Waals surface area contributed by atoms with E-state index in [1.54, 1.807) is 6.07 Å². The summed E-state index contributed by atoms with van der Waals surface area (Å²) in [4.78, 5) is 15.6. The predicted octanol–water partition coefficient (Wildman–Crippen LogP) is -4.35. The van der Waals surface area contributed by atoms with E-state index in [2.05, 4.69) is 9.97 Å². The Kier molecular flexibility index (Phi) is 4.56. The maximum atomic E-state index is 10.0.